The number of aryl methyl sites for hydroxylation is 1. The number of benzene rings is 5. The van der Waals surface area contributed by atoms with Crippen molar-refractivity contribution in [2.45, 2.75) is 23.3 Å². The Morgan fingerprint density at radius 1 is 0.733 bits per heavy atom. The largest absolute Gasteiger partial charge is 0.495 e. The summed E-state index contributed by atoms with van der Waals surface area (Å²) in [7, 11) is -6.58. The fourth-order valence-electron chi connectivity index (χ4n) is 4.67. The van der Waals surface area contributed by atoms with E-state index < -0.39 is 26.0 Å². The van der Waals surface area contributed by atoms with Gasteiger partial charge < -0.3 is 10.1 Å². The highest BCUT2D eigenvalue weighted by Gasteiger charge is 2.28. The molecule has 0 aliphatic carbocycles. The van der Waals surface area contributed by atoms with Crippen molar-refractivity contribution in [3.05, 3.63) is 144 Å². The molecule has 5 aromatic rings. The van der Waals surface area contributed by atoms with Crippen LogP contribution in [0.25, 0.3) is 0 Å². The Labute approximate surface area is 263 Å². The molecule has 5 rings (SSSR count). The first kappa shape index (κ1) is 31.3. The number of amides is 1. The lowest BCUT2D eigenvalue weighted by molar-refractivity contribution is 0.102. The fourth-order valence-corrected chi connectivity index (χ4v) is 7.23. The number of carbonyl (C=O) groups excluding carboxylic acids is 1. The van der Waals surface area contributed by atoms with Crippen LogP contribution in [0, 0.1) is 6.92 Å². The first-order chi connectivity index (χ1) is 21.6. The molecule has 11 heteroatoms. The summed E-state index contributed by atoms with van der Waals surface area (Å²) in [6.07, 6.45) is 0. The second-order valence-corrected chi connectivity index (χ2v) is 13.7. The highest BCUT2D eigenvalue weighted by atomic mass is 32.2. The Morgan fingerprint density at radius 3 is 2.02 bits per heavy atom. The van der Waals surface area contributed by atoms with Crippen LogP contribution in [0.15, 0.2) is 137 Å². The molecule has 0 aromatic heterocycles. The molecular weight excluding hydrogens is 611 g/mol. The lowest BCUT2D eigenvalue weighted by Crippen LogP contribution is -2.32. The van der Waals surface area contributed by atoms with E-state index in [1.54, 1.807) is 54.6 Å². The summed E-state index contributed by atoms with van der Waals surface area (Å²) in [6.45, 7) is 1.83. The zero-order valence-corrected chi connectivity index (χ0v) is 26.2. The molecular formula is C34H31N3O6S2. The molecule has 0 unspecified atom stereocenters. The normalized spacial score (nSPS) is 11.4. The van der Waals surface area contributed by atoms with E-state index in [0.717, 1.165) is 11.1 Å². The molecule has 0 saturated heterocycles. The molecule has 230 valence electrons. The van der Waals surface area contributed by atoms with Crippen LogP contribution in [-0.2, 0) is 26.6 Å². The summed E-state index contributed by atoms with van der Waals surface area (Å²) in [6, 6.07) is 34.4. The molecule has 0 aliphatic rings. The standard InChI is InChI=1S/C34H31N3O6S2/c1-25-17-22-33(43-2)31(23-25)36-44(39,40)28-20-18-27(19-21-28)35-34(38)30-15-9-10-16-32(30)37(24-26-11-5-3-6-12-26)45(41,42)29-13-7-4-8-14-29/h3-23,36H,24H2,1-2H3,(H,35,38). The third-order valence-corrected chi connectivity index (χ3v) is 10.1. The van der Waals surface area contributed by atoms with Gasteiger partial charge in [-0.1, -0.05) is 66.7 Å². The summed E-state index contributed by atoms with van der Waals surface area (Å²) < 4.78 is 63.1. The zero-order chi connectivity index (χ0) is 32.0. The van der Waals surface area contributed by atoms with Crippen LogP contribution in [0.4, 0.5) is 17.1 Å². The molecule has 0 fully saturated rings. The number of carbonyl (C=O) groups is 1. The molecule has 45 heavy (non-hydrogen) atoms. The van der Waals surface area contributed by atoms with E-state index in [2.05, 4.69) is 10.0 Å². The second-order valence-electron chi connectivity index (χ2n) is 10.1. The molecule has 5 aromatic carbocycles. The summed E-state index contributed by atoms with van der Waals surface area (Å²) in [4.78, 5) is 13.7. The van der Waals surface area contributed by atoms with Crippen molar-refractivity contribution >= 4 is 43.0 Å². The molecule has 9 nitrogen and oxygen atoms in total. The van der Waals surface area contributed by atoms with E-state index in [1.807, 2.05) is 43.3 Å². The van der Waals surface area contributed by atoms with Crippen LogP contribution in [0.5, 0.6) is 5.75 Å². The van der Waals surface area contributed by atoms with Crippen molar-refractivity contribution in [1.82, 2.24) is 0 Å². The lowest BCUT2D eigenvalue weighted by atomic mass is 10.1. The van der Waals surface area contributed by atoms with Gasteiger partial charge in [-0.25, -0.2) is 16.8 Å². The van der Waals surface area contributed by atoms with Crippen molar-refractivity contribution in [2.24, 2.45) is 0 Å². The maximum atomic E-state index is 13.9. The Hall–Kier alpha value is -5.13. The number of nitrogens with zero attached hydrogens (tertiary/aromatic N) is 1. The molecule has 2 N–H and O–H groups in total. The first-order valence-electron chi connectivity index (χ1n) is 13.9. The van der Waals surface area contributed by atoms with E-state index in [0.29, 0.717) is 17.1 Å². The van der Waals surface area contributed by atoms with Crippen LogP contribution in [0.2, 0.25) is 0 Å². The highest BCUT2D eigenvalue weighted by molar-refractivity contribution is 7.93. The number of anilines is 3. The Kier molecular flexibility index (Phi) is 9.21. The monoisotopic (exact) mass is 641 g/mol. The molecule has 0 saturated carbocycles. The van der Waals surface area contributed by atoms with Crippen LogP contribution >= 0.6 is 0 Å². The third-order valence-electron chi connectivity index (χ3n) is 6.94. The number of para-hydroxylation sites is 1. The average molecular weight is 642 g/mol. The van der Waals surface area contributed by atoms with Gasteiger partial charge in [-0.2, -0.15) is 0 Å². The van der Waals surface area contributed by atoms with Crippen molar-refractivity contribution < 1.29 is 26.4 Å². The van der Waals surface area contributed by atoms with E-state index >= 15 is 0 Å². The van der Waals surface area contributed by atoms with Gasteiger partial charge in [0.2, 0.25) is 0 Å². The zero-order valence-electron chi connectivity index (χ0n) is 24.5. The molecule has 0 atom stereocenters. The van der Waals surface area contributed by atoms with E-state index in [-0.39, 0.29) is 27.6 Å². The number of hydrogen-bond acceptors (Lipinski definition) is 6. The predicted molar refractivity (Wildman–Crippen MR) is 176 cm³/mol. The van der Waals surface area contributed by atoms with Crippen LogP contribution < -0.4 is 19.1 Å². The SMILES string of the molecule is COc1ccc(C)cc1NS(=O)(=O)c1ccc(NC(=O)c2ccccc2N(Cc2ccccc2)S(=O)(=O)c2ccccc2)cc1. The van der Waals surface area contributed by atoms with Crippen molar-refractivity contribution in [2.75, 3.05) is 21.5 Å². The van der Waals surface area contributed by atoms with Crippen molar-refractivity contribution in [3.63, 3.8) is 0 Å². The van der Waals surface area contributed by atoms with Crippen LogP contribution in [-0.4, -0.2) is 29.9 Å². The van der Waals surface area contributed by atoms with Gasteiger partial charge in [0, 0.05) is 5.69 Å². The van der Waals surface area contributed by atoms with Crippen molar-refractivity contribution in [3.8, 4) is 5.75 Å². The van der Waals surface area contributed by atoms with Crippen LogP contribution in [0.3, 0.4) is 0 Å². The number of hydrogen-bond donors (Lipinski definition) is 2. The van der Waals surface area contributed by atoms with Gasteiger partial charge in [-0.05, 0) is 78.7 Å². The number of rotatable bonds is 11. The minimum absolute atomic E-state index is 0.00631. The number of nitrogens with one attached hydrogen (secondary N) is 2. The molecule has 1 amide bonds. The average Bonchev–Trinajstić information content (AvgIpc) is 3.04. The van der Waals surface area contributed by atoms with Crippen molar-refractivity contribution in [1.29, 1.82) is 0 Å². The first-order valence-corrected chi connectivity index (χ1v) is 16.8. The topological polar surface area (TPSA) is 122 Å². The summed E-state index contributed by atoms with van der Waals surface area (Å²) in [5, 5.41) is 2.77. The maximum Gasteiger partial charge on any atom is 0.264 e. The molecule has 0 spiro atoms. The molecule has 0 aliphatic heterocycles. The third kappa shape index (κ3) is 7.17. The van der Waals surface area contributed by atoms with E-state index in [1.165, 1.54) is 47.8 Å². The van der Waals surface area contributed by atoms with Gasteiger partial charge in [0.05, 0.1) is 40.4 Å². The van der Waals surface area contributed by atoms with Gasteiger partial charge in [0.1, 0.15) is 5.75 Å². The second kappa shape index (κ2) is 13.2. The van der Waals surface area contributed by atoms with Gasteiger partial charge in [0.25, 0.3) is 26.0 Å². The summed E-state index contributed by atoms with van der Waals surface area (Å²) >= 11 is 0. The fraction of sp³-hybridized carbons (Fsp3) is 0.0882. The van der Waals surface area contributed by atoms with Gasteiger partial charge in [-0.3, -0.25) is 13.8 Å². The van der Waals surface area contributed by atoms with Gasteiger partial charge >= 0.3 is 0 Å². The minimum atomic E-state index is -4.07. The predicted octanol–water partition coefficient (Wildman–Crippen LogP) is 6.45. The Bertz CT molecular complexity index is 2020. The molecule has 0 radical (unpaired) electrons. The van der Waals surface area contributed by atoms with Gasteiger partial charge in [-0.15, -0.1) is 0 Å². The van der Waals surface area contributed by atoms with E-state index in [9.17, 15) is 21.6 Å². The van der Waals surface area contributed by atoms with Gasteiger partial charge in [0.15, 0.2) is 0 Å². The molecule has 0 bridgehead atoms. The number of methoxy groups -OCH3 is 1. The van der Waals surface area contributed by atoms with E-state index in [4.69, 9.17) is 4.74 Å². The van der Waals surface area contributed by atoms with Crippen LogP contribution in [0.1, 0.15) is 21.5 Å². The number of ether oxygens (including phenoxy) is 1. The molecule has 0 heterocycles. The highest BCUT2D eigenvalue weighted by Crippen LogP contribution is 2.31. The summed E-state index contributed by atoms with van der Waals surface area (Å²) in [5.41, 5.74) is 2.53. The maximum absolute atomic E-state index is 13.9. The quantitative estimate of drug-likeness (QED) is 0.171. The summed E-state index contributed by atoms with van der Waals surface area (Å²) in [5.74, 6) is -0.188. The lowest BCUT2D eigenvalue weighted by Gasteiger charge is -2.26. The minimum Gasteiger partial charge on any atom is -0.495 e. The Balaban J connectivity index is 1.42. The Morgan fingerprint density at radius 2 is 1.36 bits per heavy atom. The smallest absolute Gasteiger partial charge is 0.264 e. The number of sulfonamides is 2.